The van der Waals surface area contributed by atoms with Crippen molar-refractivity contribution in [1.82, 2.24) is 0 Å². The quantitative estimate of drug-likeness (QED) is 0.643. The highest BCUT2D eigenvalue weighted by Crippen LogP contribution is 2.57. The van der Waals surface area contributed by atoms with Crippen molar-refractivity contribution in [3.8, 4) is 0 Å². The van der Waals surface area contributed by atoms with Gasteiger partial charge in [-0.3, -0.25) is 9.13 Å². The number of benzene rings is 1. The maximum atomic E-state index is 12.8. The fraction of sp³-hybridized carbons (Fsp3) is 0.667. The van der Waals surface area contributed by atoms with Crippen molar-refractivity contribution in [3.05, 3.63) is 35.4 Å². The van der Waals surface area contributed by atoms with Crippen LogP contribution in [0.2, 0.25) is 0 Å². The van der Waals surface area contributed by atoms with Gasteiger partial charge in [-0.2, -0.15) is 0 Å². The molecule has 0 saturated carbocycles. The minimum atomic E-state index is -3.14. The third-order valence-electron chi connectivity index (χ3n) is 4.35. The molecule has 2 aliphatic rings. The molecule has 0 amide bonds. The summed E-state index contributed by atoms with van der Waals surface area (Å²) in [6.45, 7) is 9.71. The lowest BCUT2D eigenvalue weighted by molar-refractivity contribution is 0.0408. The molecule has 0 atom stereocenters. The molecule has 8 heteroatoms. The summed E-state index contributed by atoms with van der Waals surface area (Å²) < 4.78 is 47.7. The second-order valence-electron chi connectivity index (χ2n) is 8.78. The molecule has 2 fully saturated rings. The van der Waals surface area contributed by atoms with E-state index in [1.54, 1.807) is 0 Å². The van der Waals surface area contributed by atoms with Crippen LogP contribution in [0.5, 0.6) is 0 Å². The Bertz CT molecular complexity index is 671. The van der Waals surface area contributed by atoms with Gasteiger partial charge < -0.3 is 18.1 Å². The Hall–Kier alpha value is -0.480. The van der Waals surface area contributed by atoms with Gasteiger partial charge in [0.25, 0.3) is 0 Å². The fourth-order valence-electron chi connectivity index (χ4n) is 2.71. The number of hydrogen-bond acceptors (Lipinski definition) is 6. The van der Waals surface area contributed by atoms with E-state index in [0.29, 0.717) is 26.4 Å². The minimum Gasteiger partial charge on any atom is -0.308 e. The molecule has 3 rings (SSSR count). The predicted molar refractivity (Wildman–Crippen MR) is 100 cm³/mol. The first kappa shape index (κ1) is 20.3. The molecular formula is C18H28O6P2. The molecule has 6 nitrogen and oxygen atoms in total. The Morgan fingerprint density at radius 3 is 1.46 bits per heavy atom. The van der Waals surface area contributed by atoms with E-state index >= 15 is 0 Å². The second-order valence-corrected chi connectivity index (χ2v) is 12.9. The molecule has 0 spiro atoms. The standard InChI is InChI=1S/C18H28O6P2/c1-17(2)11-21-25(19,22-12-17)9-15-6-5-7-16(8-15)10-26(20)23-13-18(3,4)14-24-26/h5-8H,9-14H2,1-4H3. The molecule has 146 valence electrons. The van der Waals surface area contributed by atoms with Crippen LogP contribution in [0.15, 0.2) is 24.3 Å². The molecule has 0 aliphatic carbocycles. The van der Waals surface area contributed by atoms with Crippen LogP contribution in [0.1, 0.15) is 38.8 Å². The van der Waals surface area contributed by atoms with E-state index in [1.807, 2.05) is 52.0 Å². The topological polar surface area (TPSA) is 71.1 Å². The maximum Gasteiger partial charge on any atom is 0.335 e. The molecule has 0 N–H and O–H groups in total. The van der Waals surface area contributed by atoms with Crippen LogP contribution in [0.4, 0.5) is 0 Å². The zero-order valence-corrected chi connectivity index (χ0v) is 17.7. The normalized spacial score (nSPS) is 26.3. The zero-order valence-electron chi connectivity index (χ0n) is 15.9. The van der Waals surface area contributed by atoms with Crippen molar-refractivity contribution >= 4 is 15.2 Å². The summed E-state index contributed by atoms with van der Waals surface area (Å²) in [6.07, 6.45) is 0.409. The van der Waals surface area contributed by atoms with Gasteiger partial charge in [0, 0.05) is 10.8 Å². The van der Waals surface area contributed by atoms with E-state index in [1.165, 1.54) is 0 Å². The highest BCUT2D eigenvalue weighted by atomic mass is 31.2. The lowest BCUT2D eigenvalue weighted by Gasteiger charge is -2.34. The van der Waals surface area contributed by atoms with E-state index in [4.69, 9.17) is 18.1 Å². The van der Waals surface area contributed by atoms with E-state index < -0.39 is 15.2 Å². The first-order valence-corrected chi connectivity index (χ1v) is 12.3. The van der Waals surface area contributed by atoms with Crippen molar-refractivity contribution in [3.63, 3.8) is 0 Å². The smallest absolute Gasteiger partial charge is 0.308 e. The summed E-state index contributed by atoms with van der Waals surface area (Å²) in [4.78, 5) is 0. The van der Waals surface area contributed by atoms with Crippen molar-refractivity contribution in [2.75, 3.05) is 26.4 Å². The van der Waals surface area contributed by atoms with Gasteiger partial charge in [-0.25, -0.2) is 0 Å². The molecule has 26 heavy (non-hydrogen) atoms. The predicted octanol–water partition coefficient (Wildman–Crippen LogP) is 5.22. The van der Waals surface area contributed by atoms with Gasteiger partial charge >= 0.3 is 15.2 Å². The van der Waals surface area contributed by atoms with E-state index in [0.717, 1.165) is 11.1 Å². The summed E-state index contributed by atoms with van der Waals surface area (Å²) in [5.41, 5.74) is 1.40. The molecule has 0 bridgehead atoms. The Morgan fingerprint density at radius 1 is 0.769 bits per heavy atom. The van der Waals surface area contributed by atoms with Gasteiger partial charge in [0.2, 0.25) is 0 Å². The van der Waals surface area contributed by atoms with Crippen LogP contribution in [-0.2, 0) is 39.5 Å². The summed E-state index contributed by atoms with van der Waals surface area (Å²) in [7, 11) is -6.29. The number of hydrogen-bond donors (Lipinski definition) is 0. The number of rotatable bonds is 4. The molecule has 2 heterocycles. The third-order valence-corrected chi connectivity index (χ3v) is 7.95. The largest absolute Gasteiger partial charge is 0.335 e. The molecule has 1 aromatic rings. The van der Waals surface area contributed by atoms with Crippen LogP contribution >= 0.6 is 15.2 Å². The molecule has 0 unspecified atom stereocenters. The van der Waals surface area contributed by atoms with E-state index in [-0.39, 0.29) is 23.2 Å². The SMILES string of the molecule is CC1(C)COP(=O)(Cc2cccc(CP3(=O)OCC(C)(C)CO3)c2)OC1. The summed E-state index contributed by atoms with van der Waals surface area (Å²) in [5, 5.41) is 0. The Balaban J connectivity index is 1.66. The minimum absolute atomic E-state index is 0.126. The van der Waals surface area contributed by atoms with Gasteiger partial charge in [0.05, 0.1) is 38.8 Å². The molecule has 2 saturated heterocycles. The highest BCUT2D eigenvalue weighted by Gasteiger charge is 2.38. The fourth-order valence-corrected chi connectivity index (χ4v) is 6.69. The van der Waals surface area contributed by atoms with Crippen molar-refractivity contribution < 1.29 is 27.2 Å². The van der Waals surface area contributed by atoms with Gasteiger partial charge in [-0.05, 0) is 11.1 Å². The summed E-state index contributed by atoms with van der Waals surface area (Å²) >= 11 is 0. The van der Waals surface area contributed by atoms with Gasteiger partial charge in [0.15, 0.2) is 0 Å². The third kappa shape index (κ3) is 5.28. The first-order chi connectivity index (χ1) is 12.0. The average Bonchev–Trinajstić information content (AvgIpc) is 2.55. The summed E-state index contributed by atoms with van der Waals surface area (Å²) in [5.74, 6) is 0. The Kier molecular flexibility index (Phi) is 5.58. The van der Waals surface area contributed by atoms with Crippen LogP contribution < -0.4 is 0 Å². The maximum absolute atomic E-state index is 12.8. The Labute approximate surface area is 155 Å². The van der Waals surface area contributed by atoms with E-state index in [2.05, 4.69) is 0 Å². The van der Waals surface area contributed by atoms with E-state index in [9.17, 15) is 9.13 Å². The average molecular weight is 402 g/mol. The van der Waals surface area contributed by atoms with Gasteiger partial charge in [-0.1, -0.05) is 52.0 Å². The molecule has 2 aliphatic heterocycles. The van der Waals surface area contributed by atoms with Crippen LogP contribution in [0.3, 0.4) is 0 Å². The lowest BCUT2D eigenvalue weighted by atomic mass is 9.97. The molecule has 0 aromatic heterocycles. The lowest BCUT2D eigenvalue weighted by Crippen LogP contribution is -2.29. The second kappa shape index (κ2) is 7.16. The van der Waals surface area contributed by atoms with Crippen LogP contribution in [0.25, 0.3) is 0 Å². The highest BCUT2D eigenvalue weighted by molar-refractivity contribution is 7.53. The molecule has 1 aromatic carbocycles. The van der Waals surface area contributed by atoms with Gasteiger partial charge in [-0.15, -0.1) is 0 Å². The molecular weight excluding hydrogens is 374 g/mol. The van der Waals surface area contributed by atoms with Crippen molar-refractivity contribution in [1.29, 1.82) is 0 Å². The van der Waals surface area contributed by atoms with Gasteiger partial charge in [0.1, 0.15) is 0 Å². The van der Waals surface area contributed by atoms with Crippen LogP contribution in [0, 0.1) is 10.8 Å². The monoisotopic (exact) mass is 402 g/mol. The Morgan fingerprint density at radius 2 is 1.12 bits per heavy atom. The van der Waals surface area contributed by atoms with Crippen molar-refractivity contribution in [2.45, 2.75) is 40.0 Å². The zero-order chi connectivity index (χ0) is 19.1. The van der Waals surface area contributed by atoms with Crippen molar-refractivity contribution in [2.24, 2.45) is 10.8 Å². The summed E-state index contributed by atoms with van der Waals surface area (Å²) in [6, 6.07) is 7.47. The molecule has 0 radical (unpaired) electrons. The first-order valence-electron chi connectivity index (χ1n) is 8.83. The van der Waals surface area contributed by atoms with Crippen LogP contribution in [-0.4, -0.2) is 26.4 Å².